The summed E-state index contributed by atoms with van der Waals surface area (Å²) >= 11 is 0. The number of carbonyl (C=O) groups excluding carboxylic acids is 1. The van der Waals surface area contributed by atoms with E-state index in [0.29, 0.717) is 18.7 Å². The first-order chi connectivity index (χ1) is 14.3. The van der Waals surface area contributed by atoms with Gasteiger partial charge in [0.25, 0.3) is 0 Å². The minimum absolute atomic E-state index is 0.104. The largest absolute Gasteiger partial charge is 0.497 e. The van der Waals surface area contributed by atoms with Gasteiger partial charge in [-0.15, -0.1) is 0 Å². The van der Waals surface area contributed by atoms with Gasteiger partial charge in [0.05, 0.1) is 13.5 Å². The molecule has 1 heterocycles. The minimum Gasteiger partial charge on any atom is -0.497 e. The van der Waals surface area contributed by atoms with Crippen molar-refractivity contribution in [2.24, 2.45) is 0 Å². The fourth-order valence-corrected chi connectivity index (χ4v) is 3.71. The Morgan fingerprint density at radius 2 is 1.87 bits per heavy atom. The number of likely N-dealkylation sites (tertiary alicyclic amines) is 1. The average Bonchev–Trinajstić information content (AvgIpc) is 2.73. The number of carboxylic acids is 1. The smallest absolute Gasteiger partial charge is 0.347 e. The topological polar surface area (TPSA) is 76.1 Å². The maximum atomic E-state index is 12.9. The Kier molecular flexibility index (Phi) is 6.65. The van der Waals surface area contributed by atoms with Crippen LogP contribution in [0.5, 0.6) is 11.5 Å². The highest BCUT2D eigenvalue weighted by atomic mass is 16.5. The molecule has 1 amide bonds. The van der Waals surface area contributed by atoms with Gasteiger partial charge in [-0.3, -0.25) is 4.79 Å². The van der Waals surface area contributed by atoms with E-state index in [1.807, 2.05) is 47.4 Å². The van der Waals surface area contributed by atoms with Crippen molar-refractivity contribution >= 4 is 11.9 Å². The fraction of sp³-hybridized carbons (Fsp3) is 0.417. The van der Waals surface area contributed by atoms with Gasteiger partial charge < -0.3 is 19.5 Å². The van der Waals surface area contributed by atoms with E-state index in [1.54, 1.807) is 13.2 Å². The lowest BCUT2D eigenvalue weighted by Crippen LogP contribution is -2.40. The molecule has 1 aliphatic rings. The molecule has 2 aromatic rings. The van der Waals surface area contributed by atoms with Crippen molar-refractivity contribution in [1.82, 2.24) is 4.90 Å². The Morgan fingerprint density at radius 3 is 2.60 bits per heavy atom. The highest BCUT2D eigenvalue weighted by molar-refractivity contribution is 5.79. The van der Waals surface area contributed by atoms with Crippen LogP contribution < -0.4 is 9.47 Å². The van der Waals surface area contributed by atoms with E-state index in [2.05, 4.69) is 0 Å². The van der Waals surface area contributed by atoms with Crippen LogP contribution in [0.2, 0.25) is 0 Å². The van der Waals surface area contributed by atoms with E-state index in [0.717, 1.165) is 36.3 Å². The van der Waals surface area contributed by atoms with Crippen molar-refractivity contribution in [3.05, 3.63) is 59.7 Å². The predicted molar refractivity (Wildman–Crippen MR) is 114 cm³/mol. The first-order valence-electron chi connectivity index (χ1n) is 10.2. The number of benzene rings is 2. The molecule has 1 atom stereocenters. The molecule has 160 valence electrons. The van der Waals surface area contributed by atoms with Crippen molar-refractivity contribution in [3.8, 4) is 11.5 Å². The second-order valence-corrected chi connectivity index (χ2v) is 8.20. The minimum atomic E-state index is -1.30. The van der Waals surface area contributed by atoms with Crippen LogP contribution in [0.25, 0.3) is 0 Å². The molecule has 0 aromatic heterocycles. The monoisotopic (exact) mass is 411 g/mol. The van der Waals surface area contributed by atoms with Crippen LogP contribution in [-0.2, 0) is 16.0 Å². The number of aliphatic carboxylic acids is 1. The van der Waals surface area contributed by atoms with Crippen molar-refractivity contribution in [2.75, 3.05) is 20.2 Å². The van der Waals surface area contributed by atoms with Crippen LogP contribution in [0.3, 0.4) is 0 Å². The standard InChI is InChI=1S/C24H29NO5/c1-24(2,23(27)28)30-21-11-5-8-18(15-21)19-9-6-12-25(16-19)22(26)14-17-7-4-10-20(13-17)29-3/h4-5,7-8,10-11,13,15,19H,6,9,12,14,16H2,1-3H3,(H,27,28). The summed E-state index contributed by atoms with van der Waals surface area (Å²) in [5, 5.41) is 9.29. The third kappa shape index (κ3) is 5.32. The zero-order valence-corrected chi connectivity index (χ0v) is 17.8. The van der Waals surface area contributed by atoms with Crippen molar-refractivity contribution < 1.29 is 24.2 Å². The number of hydrogen-bond donors (Lipinski definition) is 1. The molecular weight excluding hydrogens is 382 g/mol. The van der Waals surface area contributed by atoms with E-state index < -0.39 is 11.6 Å². The molecule has 1 N–H and O–H groups in total. The van der Waals surface area contributed by atoms with Gasteiger partial charge in [0.15, 0.2) is 5.60 Å². The summed E-state index contributed by atoms with van der Waals surface area (Å²) in [7, 11) is 1.62. The van der Waals surface area contributed by atoms with Crippen LogP contribution in [-0.4, -0.2) is 47.7 Å². The lowest BCUT2D eigenvalue weighted by molar-refractivity contribution is -0.152. The molecule has 0 bridgehead atoms. The summed E-state index contributed by atoms with van der Waals surface area (Å²) in [6, 6.07) is 15.1. The Morgan fingerprint density at radius 1 is 1.13 bits per heavy atom. The summed E-state index contributed by atoms with van der Waals surface area (Å²) in [6.07, 6.45) is 2.26. The summed E-state index contributed by atoms with van der Waals surface area (Å²) in [5.41, 5.74) is 0.699. The number of nitrogens with zero attached hydrogens (tertiary/aromatic N) is 1. The molecule has 1 aliphatic heterocycles. The lowest BCUT2D eigenvalue weighted by atomic mass is 9.90. The van der Waals surface area contributed by atoms with Crippen LogP contribution in [0.4, 0.5) is 0 Å². The molecule has 0 spiro atoms. The molecule has 0 saturated carbocycles. The van der Waals surface area contributed by atoms with Gasteiger partial charge in [-0.2, -0.15) is 0 Å². The van der Waals surface area contributed by atoms with Gasteiger partial charge in [0.1, 0.15) is 11.5 Å². The Hall–Kier alpha value is -3.02. The van der Waals surface area contributed by atoms with Crippen LogP contribution in [0.1, 0.15) is 43.7 Å². The Balaban J connectivity index is 1.67. The van der Waals surface area contributed by atoms with Gasteiger partial charge in [-0.1, -0.05) is 24.3 Å². The molecule has 1 saturated heterocycles. The number of ether oxygens (including phenoxy) is 2. The second-order valence-electron chi connectivity index (χ2n) is 8.20. The van der Waals surface area contributed by atoms with Crippen molar-refractivity contribution in [2.45, 2.75) is 44.6 Å². The SMILES string of the molecule is COc1cccc(CC(=O)N2CCCC(c3cccc(OC(C)(C)C(=O)O)c3)C2)c1. The lowest BCUT2D eigenvalue weighted by Gasteiger charge is -2.33. The predicted octanol–water partition coefficient (Wildman–Crippen LogP) is 3.89. The summed E-state index contributed by atoms with van der Waals surface area (Å²) < 4.78 is 10.9. The molecular formula is C24H29NO5. The Labute approximate surface area is 177 Å². The first-order valence-corrected chi connectivity index (χ1v) is 10.2. The molecule has 3 rings (SSSR count). The molecule has 1 unspecified atom stereocenters. The van der Waals surface area contributed by atoms with Gasteiger partial charge in [-0.25, -0.2) is 4.79 Å². The van der Waals surface area contributed by atoms with Gasteiger partial charge in [-0.05, 0) is 62.1 Å². The van der Waals surface area contributed by atoms with E-state index in [4.69, 9.17) is 9.47 Å². The zero-order chi connectivity index (χ0) is 21.7. The number of hydrogen-bond acceptors (Lipinski definition) is 4. The number of methoxy groups -OCH3 is 1. The molecule has 2 aromatic carbocycles. The van der Waals surface area contributed by atoms with E-state index in [9.17, 15) is 14.7 Å². The van der Waals surface area contributed by atoms with E-state index in [1.165, 1.54) is 13.8 Å². The summed E-state index contributed by atoms with van der Waals surface area (Å²) in [6.45, 7) is 4.46. The van der Waals surface area contributed by atoms with Crippen molar-refractivity contribution in [1.29, 1.82) is 0 Å². The maximum Gasteiger partial charge on any atom is 0.347 e. The number of carbonyl (C=O) groups is 2. The fourth-order valence-electron chi connectivity index (χ4n) is 3.71. The summed E-state index contributed by atoms with van der Waals surface area (Å²) in [4.78, 5) is 26.1. The number of rotatable bonds is 7. The van der Waals surface area contributed by atoms with E-state index in [-0.39, 0.29) is 11.8 Å². The highest BCUT2D eigenvalue weighted by Crippen LogP contribution is 2.30. The average molecular weight is 411 g/mol. The molecule has 1 fully saturated rings. The van der Waals surface area contributed by atoms with Gasteiger partial charge in [0, 0.05) is 19.0 Å². The zero-order valence-electron chi connectivity index (χ0n) is 17.8. The third-order valence-electron chi connectivity index (χ3n) is 5.48. The quantitative estimate of drug-likeness (QED) is 0.748. The highest BCUT2D eigenvalue weighted by Gasteiger charge is 2.30. The maximum absolute atomic E-state index is 12.9. The van der Waals surface area contributed by atoms with Gasteiger partial charge >= 0.3 is 5.97 Å². The Bertz CT molecular complexity index is 908. The molecule has 6 nitrogen and oxygen atoms in total. The number of piperidine rings is 1. The summed E-state index contributed by atoms with van der Waals surface area (Å²) in [5.74, 6) is 0.564. The van der Waals surface area contributed by atoms with E-state index >= 15 is 0 Å². The molecule has 0 radical (unpaired) electrons. The normalized spacial score (nSPS) is 16.8. The van der Waals surface area contributed by atoms with Crippen LogP contribution >= 0.6 is 0 Å². The second kappa shape index (κ2) is 9.20. The first kappa shape index (κ1) is 21.7. The third-order valence-corrected chi connectivity index (χ3v) is 5.48. The molecule has 6 heteroatoms. The number of carboxylic acid groups (broad SMARTS) is 1. The number of amides is 1. The van der Waals surface area contributed by atoms with Gasteiger partial charge in [0.2, 0.25) is 5.91 Å². The molecule has 0 aliphatic carbocycles. The van der Waals surface area contributed by atoms with Crippen LogP contribution in [0.15, 0.2) is 48.5 Å². The van der Waals surface area contributed by atoms with Crippen molar-refractivity contribution in [3.63, 3.8) is 0 Å². The molecule has 30 heavy (non-hydrogen) atoms. The van der Waals surface area contributed by atoms with Crippen LogP contribution in [0, 0.1) is 0 Å².